The highest BCUT2D eigenvalue weighted by molar-refractivity contribution is 7.92. The summed E-state index contributed by atoms with van der Waals surface area (Å²) in [6.07, 6.45) is 0.338. The van der Waals surface area contributed by atoms with Crippen molar-refractivity contribution < 1.29 is 18.0 Å². The molecule has 37 heavy (non-hydrogen) atoms. The van der Waals surface area contributed by atoms with Gasteiger partial charge in [-0.05, 0) is 54.8 Å². The highest BCUT2D eigenvalue weighted by Crippen LogP contribution is 2.33. The third-order valence-electron chi connectivity index (χ3n) is 6.02. The normalized spacial score (nSPS) is 12.0. The summed E-state index contributed by atoms with van der Waals surface area (Å²) in [6, 6.07) is 18.9. The van der Waals surface area contributed by atoms with E-state index in [9.17, 15) is 18.0 Å². The van der Waals surface area contributed by atoms with Gasteiger partial charge in [-0.15, -0.1) is 0 Å². The van der Waals surface area contributed by atoms with Crippen molar-refractivity contribution in [2.75, 3.05) is 17.9 Å². The first kappa shape index (κ1) is 28.5. The number of anilines is 1. The molecular formula is C27H29Cl2N3O4S. The number of halogens is 2. The van der Waals surface area contributed by atoms with Gasteiger partial charge in [-0.3, -0.25) is 13.9 Å². The Labute approximate surface area is 228 Å². The van der Waals surface area contributed by atoms with Crippen LogP contribution >= 0.6 is 23.2 Å². The van der Waals surface area contributed by atoms with Gasteiger partial charge in [0.2, 0.25) is 11.8 Å². The van der Waals surface area contributed by atoms with Gasteiger partial charge < -0.3 is 10.2 Å². The minimum atomic E-state index is -4.20. The maximum atomic E-state index is 13.9. The molecule has 0 aliphatic heterocycles. The number of hydrogen-bond donors (Lipinski definition) is 1. The maximum absolute atomic E-state index is 13.9. The first-order valence-corrected chi connectivity index (χ1v) is 13.9. The molecule has 3 aromatic rings. The lowest BCUT2D eigenvalue weighted by atomic mass is 10.1. The fourth-order valence-corrected chi connectivity index (χ4v) is 5.99. The molecule has 0 unspecified atom stereocenters. The molecule has 0 saturated carbocycles. The number of carbonyl (C=O) groups is 2. The number of nitrogens with one attached hydrogen (secondary N) is 1. The predicted octanol–water partition coefficient (Wildman–Crippen LogP) is 5.05. The van der Waals surface area contributed by atoms with Gasteiger partial charge in [0.25, 0.3) is 10.0 Å². The van der Waals surface area contributed by atoms with Crippen molar-refractivity contribution in [2.24, 2.45) is 0 Å². The Bertz CT molecular complexity index is 1370. The van der Waals surface area contributed by atoms with Crippen LogP contribution in [-0.2, 0) is 26.2 Å². The second-order valence-corrected chi connectivity index (χ2v) is 11.1. The summed E-state index contributed by atoms with van der Waals surface area (Å²) in [6.45, 7) is 3.27. The van der Waals surface area contributed by atoms with E-state index in [1.165, 1.54) is 42.3 Å². The van der Waals surface area contributed by atoms with Crippen molar-refractivity contribution in [1.29, 1.82) is 0 Å². The summed E-state index contributed by atoms with van der Waals surface area (Å²) < 4.78 is 28.5. The Morgan fingerprint density at radius 2 is 1.62 bits per heavy atom. The first-order valence-electron chi connectivity index (χ1n) is 11.7. The first-order chi connectivity index (χ1) is 17.6. The van der Waals surface area contributed by atoms with E-state index in [1.54, 1.807) is 25.1 Å². The van der Waals surface area contributed by atoms with E-state index >= 15 is 0 Å². The molecule has 0 aromatic heterocycles. The second kappa shape index (κ2) is 12.4. The molecule has 0 fully saturated rings. The number of hydrogen-bond acceptors (Lipinski definition) is 4. The van der Waals surface area contributed by atoms with Gasteiger partial charge >= 0.3 is 0 Å². The molecule has 0 aliphatic carbocycles. The van der Waals surface area contributed by atoms with E-state index < -0.39 is 28.5 Å². The Balaban J connectivity index is 2.10. The van der Waals surface area contributed by atoms with Crippen LogP contribution in [-0.4, -0.2) is 44.8 Å². The monoisotopic (exact) mass is 561 g/mol. The quantitative estimate of drug-likeness (QED) is 0.375. The molecule has 196 valence electrons. The SMILES string of the molecule is CC[C@H](C(=O)NC)N(Cc1ccccc1C)C(=O)CN(c1ccc(Cl)cc1Cl)S(=O)(=O)c1ccccc1. The summed E-state index contributed by atoms with van der Waals surface area (Å²) in [5.74, 6) is -0.893. The van der Waals surface area contributed by atoms with Crippen LogP contribution in [0.5, 0.6) is 0 Å². The van der Waals surface area contributed by atoms with Crippen molar-refractivity contribution in [3.63, 3.8) is 0 Å². The molecule has 3 rings (SSSR count). The summed E-state index contributed by atoms with van der Waals surface area (Å²) in [4.78, 5) is 28.1. The lowest BCUT2D eigenvalue weighted by Crippen LogP contribution is -2.51. The van der Waals surface area contributed by atoms with Gasteiger partial charge in [0.1, 0.15) is 12.6 Å². The van der Waals surface area contributed by atoms with Crippen LogP contribution in [0, 0.1) is 6.92 Å². The van der Waals surface area contributed by atoms with Crippen molar-refractivity contribution >= 4 is 50.7 Å². The lowest BCUT2D eigenvalue weighted by molar-refractivity contribution is -0.140. The molecule has 0 aliphatic rings. The van der Waals surface area contributed by atoms with E-state index in [0.29, 0.717) is 11.4 Å². The number of aryl methyl sites for hydroxylation is 1. The third-order valence-corrected chi connectivity index (χ3v) is 8.33. The van der Waals surface area contributed by atoms with E-state index in [0.717, 1.165) is 15.4 Å². The average Bonchev–Trinajstić information content (AvgIpc) is 2.88. The Morgan fingerprint density at radius 3 is 2.22 bits per heavy atom. The molecule has 3 aromatic carbocycles. The molecule has 7 nitrogen and oxygen atoms in total. The summed E-state index contributed by atoms with van der Waals surface area (Å²) in [7, 11) is -2.70. The fourth-order valence-electron chi connectivity index (χ4n) is 3.97. The van der Waals surface area contributed by atoms with Gasteiger partial charge in [0.05, 0.1) is 15.6 Å². The van der Waals surface area contributed by atoms with Crippen LogP contribution in [0.4, 0.5) is 5.69 Å². The zero-order chi connectivity index (χ0) is 27.2. The van der Waals surface area contributed by atoms with Gasteiger partial charge in [-0.1, -0.05) is 72.6 Å². The van der Waals surface area contributed by atoms with Crippen molar-refractivity contribution in [3.8, 4) is 0 Å². The van der Waals surface area contributed by atoms with E-state index in [2.05, 4.69) is 5.32 Å². The number of benzene rings is 3. The predicted molar refractivity (Wildman–Crippen MR) is 147 cm³/mol. The van der Waals surface area contributed by atoms with E-state index in [-0.39, 0.29) is 28.1 Å². The maximum Gasteiger partial charge on any atom is 0.264 e. The standard InChI is InChI=1S/C27H29Cl2N3O4S/c1-4-24(27(34)30-3)31(17-20-11-9-8-10-19(20)2)26(33)18-32(25-15-14-21(28)16-23(25)29)37(35,36)22-12-6-5-7-13-22/h5-16,24H,4,17-18H2,1-3H3,(H,30,34)/t24-/m1/s1. The highest BCUT2D eigenvalue weighted by atomic mass is 35.5. The molecule has 2 amide bonds. The molecule has 10 heteroatoms. The number of likely N-dealkylation sites (N-methyl/N-ethyl adjacent to an activating group) is 1. The molecule has 0 saturated heterocycles. The number of nitrogens with zero attached hydrogens (tertiary/aromatic N) is 2. The van der Waals surface area contributed by atoms with Crippen LogP contribution in [0.3, 0.4) is 0 Å². The molecule has 1 atom stereocenters. The van der Waals surface area contributed by atoms with Crippen LogP contribution < -0.4 is 9.62 Å². The third kappa shape index (κ3) is 6.63. The van der Waals surface area contributed by atoms with E-state index in [1.807, 2.05) is 31.2 Å². The van der Waals surface area contributed by atoms with Gasteiger partial charge in [0, 0.05) is 18.6 Å². The lowest BCUT2D eigenvalue weighted by Gasteiger charge is -2.33. The summed E-state index contributed by atoms with van der Waals surface area (Å²) in [5, 5.41) is 3.00. The highest BCUT2D eigenvalue weighted by Gasteiger charge is 2.34. The van der Waals surface area contributed by atoms with Crippen LogP contribution in [0.25, 0.3) is 0 Å². The van der Waals surface area contributed by atoms with Crippen molar-refractivity contribution in [3.05, 3.63) is 94.0 Å². The van der Waals surface area contributed by atoms with Crippen LogP contribution in [0.2, 0.25) is 10.0 Å². The molecule has 1 N–H and O–H groups in total. The van der Waals surface area contributed by atoms with E-state index in [4.69, 9.17) is 23.2 Å². The van der Waals surface area contributed by atoms with Crippen LogP contribution in [0.15, 0.2) is 77.7 Å². The Morgan fingerprint density at radius 1 is 0.973 bits per heavy atom. The smallest absolute Gasteiger partial charge is 0.264 e. The van der Waals surface area contributed by atoms with Crippen LogP contribution in [0.1, 0.15) is 24.5 Å². The largest absolute Gasteiger partial charge is 0.357 e. The Kier molecular flexibility index (Phi) is 9.59. The number of sulfonamides is 1. The molecule has 0 radical (unpaired) electrons. The second-order valence-electron chi connectivity index (χ2n) is 8.41. The Hall–Kier alpha value is -3.07. The van der Waals surface area contributed by atoms with Gasteiger partial charge in [0.15, 0.2) is 0 Å². The van der Waals surface area contributed by atoms with Crippen molar-refractivity contribution in [1.82, 2.24) is 10.2 Å². The minimum Gasteiger partial charge on any atom is -0.357 e. The minimum absolute atomic E-state index is 0.00221. The zero-order valence-corrected chi connectivity index (χ0v) is 23.1. The van der Waals surface area contributed by atoms with Gasteiger partial charge in [-0.2, -0.15) is 0 Å². The number of carbonyl (C=O) groups excluding carboxylic acids is 2. The molecular weight excluding hydrogens is 533 g/mol. The summed E-state index contributed by atoms with van der Waals surface area (Å²) >= 11 is 12.5. The fraction of sp³-hybridized carbons (Fsp3) is 0.259. The van der Waals surface area contributed by atoms with Crippen molar-refractivity contribution in [2.45, 2.75) is 37.8 Å². The number of amides is 2. The zero-order valence-electron chi connectivity index (χ0n) is 20.8. The molecule has 0 bridgehead atoms. The molecule has 0 heterocycles. The topological polar surface area (TPSA) is 86.8 Å². The average molecular weight is 563 g/mol. The molecule has 0 spiro atoms. The van der Waals surface area contributed by atoms with Gasteiger partial charge in [-0.25, -0.2) is 8.42 Å². The number of rotatable bonds is 10. The summed E-state index contributed by atoms with van der Waals surface area (Å²) in [5.41, 5.74) is 1.90.